The number of anilines is 2. The fourth-order valence-electron chi connectivity index (χ4n) is 3.00. The Morgan fingerprint density at radius 1 is 0.821 bits per heavy atom. The van der Waals surface area contributed by atoms with Gasteiger partial charge in [0.05, 0.1) is 5.56 Å². The molecule has 5 N–H and O–H groups in total. The van der Waals surface area contributed by atoms with Crippen molar-refractivity contribution in [3.63, 3.8) is 0 Å². The summed E-state index contributed by atoms with van der Waals surface area (Å²) in [6, 6.07) is 10.3. The quantitative estimate of drug-likeness (QED) is 0.682. The molecule has 1 fully saturated rings. The maximum Gasteiger partial charge on any atom is 0.335 e. The minimum Gasteiger partial charge on any atom is -0.478 e. The van der Waals surface area contributed by atoms with Crippen LogP contribution >= 0.6 is 0 Å². The Kier molecular flexibility index (Phi) is 7.44. The summed E-state index contributed by atoms with van der Waals surface area (Å²) in [6.07, 6.45) is 4.71. The predicted octanol–water partition coefficient (Wildman–Crippen LogP) is 3.87. The van der Waals surface area contributed by atoms with E-state index in [0.717, 1.165) is 42.6 Å². The van der Waals surface area contributed by atoms with Crippen LogP contribution in [0.5, 0.6) is 0 Å². The van der Waals surface area contributed by atoms with Crippen molar-refractivity contribution in [3.8, 4) is 0 Å². The van der Waals surface area contributed by atoms with Gasteiger partial charge in [0.1, 0.15) is 0 Å². The van der Waals surface area contributed by atoms with Gasteiger partial charge in [-0.2, -0.15) is 0 Å². The number of hydrogen-bond donors (Lipinski definition) is 3. The van der Waals surface area contributed by atoms with Crippen LogP contribution in [0.4, 0.5) is 11.4 Å². The lowest BCUT2D eigenvalue weighted by Gasteiger charge is -2.20. The van der Waals surface area contributed by atoms with Gasteiger partial charge in [-0.3, -0.25) is 4.79 Å². The summed E-state index contributed by atoms with van der Waals surface area (Å²) in [6.45, 7) is 5.55. The first-order chi connectivity index (χ1) is 13.3. The Bertz CT molecular complexity index is 841. The van der Waals surface area contributed by atoms with Crippen molar-refractivity contribution < 1.29 is 14.7 Å². The van der Waals surface area contributed by atoms with E-state index in [4.69, 9.17) is 16.6 Å². The minimum absolute atomic E-state index is 0.124. The molecule has 6 heteroatoms. The Labute approximate surface area is 166 Å². The largest absolute Gasteiger partial charge is 0.478 e. The lowest BCUT2D eigenvalue weighted by Crippen LogP contribution is -2.31. The van der Waals surface area contributed by atoms with E-state index in [0.29, 0.717) is 11.4 Å². The number of nitrogen functional groups attached to an aromatic ring is 2. The van der Waals surface area contributed by atoms with Gasteiger partial charge >= 0.3 is 5.97 Å². The first-order valence-electron chi connectivity index (χ1n) is 9.54. The number of carboxylic acids is 1. The van der Waals surface area contributed by atoms with Crippen LogP contribution in [-0.2, 0) is 0 Å². The number of benzene rings is 2. The van der Waals surface area contributed by atoms with Gasteiger partial charge < -0.3 is 21.5 Å². The number of rotatable bonds is 2. The van der Waals surface area contributed by atoms with Gasteiger partial charge in [0.2, 0.25) is 0 Å². The summed E-state index contributed by atoms with van der Waals surface area (Å²) in [7, 11) is 0. The molecule has 0 spiro atoms. The molecule has 1 amide bonds. The van der Waals surface area contributed by atoms with E-state index in [1.807, 2.05) is 30.9 Å². The topological polar surface area (TPSA) is 110 Å². The molecule has 0 atom stereocenters. The molecule has 1 aliphatic heterocycles. The second-order valence-electron chi connectivity index (χ2n) is 7.15. The number of nitrogens with two attached hydrogens (primary N) is 2. The van der Waals surface area contributed by atoms with Gasteiger partial charge in [-0.25, -0.2) is 4.79 Å². The number of aromatic carboxylic acids is 1. The fraction of sp³-hybridized carbons (Fsp3) is 0.364. The van der Waals surface area contributed by atoms with Crippen molar-refractivity contribution in [3.05, 3.63) is 58.7 Å². The van der Waals surface area contributed by atoms with E-state index in [2.05, 4.69) is 0 Å². The zero-order valence-corrected chi connectivity index (χ0v) is 16.6. The summed E-state index contributed by atoms with van der Waals surface area (Å²) >= 11 is 0. The molecule has 0 radical (unpaired) electrons. The number of likely N-dealkylation sites (tertiary alicyclic amines) is 1. The first kappa shape index (κ1) is 21.3. The number of amides is 1. The van der Waals surface area contributed by atoms with Crippen molar-refractivity contribution >= 4 is 23.3 Å². The molecule has 0 aromatic heterocycles. The van der Waals surface area contributed by atoms with E-state index >= 15 is 0 Å². The lowest BCUT2D eigenvalue weighted by molar-refractivity contribution is 0.0695. The summed E-state index contributed by atoms with van der Waals surface area (Å²) in [5.41, 5.74) is 15.4. The Morgan fingerprint density at radius 3 is 1.75 bits per heavy atom. The van der Waals surface area contributed by atoms with Gasteiger partial charge in [0.25, 0.3) is 5.91 Å². The molecule has 1 heterocycles. The van der Waals surface area contributed by atoms with Crippen molar-refractivity contribution in [2.45, 2.75) is 39.5 Å². The van der Waals surface area contributed by atoms with E-state index in [1.165, 1.54) is 25.0 Å². The van der Waals surface area contributed by atoms with Crippen LogP contribution in [0.2, 0.25) is 0 Å². The molecule has 1 aliphatic rings. The highest BCUT2D eigenvalue weighted by molar-refractivity contribution is 5.95. The van der Waals surface area contributed by atoms with Crippen LogP contribution in [0.25, 0.3) is 0 Å². The predicted molar refractivity (Wildman–Crippen MR) is 113 cm³/mol. The van der Waals surface area contributed by atoms with Crippen molar-refractivity contribution in [2.75, 3.05) is 24.6 Å². The summed E-state index contributed by atoms with van der Waals surface area (Å²) < 4.78 is 0. The second-order valence-corrected chi connectivity index (χ2v) is 7.15. The number of aryl methyl sites for hydroxylation is 2. The van der Waals surface area contributed by atoms with E-state index in [9.17, 15) is 9.59 Å². The van der Waals surface area contributed by atoms with Crippen molar-refractivity contribution in [2.24, 2.45) is 0 Å². The number of carbonyl (C=O) groups excluding carboxylic acids is 1. The molecule has 2 aromatic rings. The summed E-state index contributed by atoms with van der Waals surface area (Å²) in [5.74, 6) is -0.824. The van der Waals surface area contributed by atoms with Gasteiger partial charge in [-0.05, 0) is 62.1 Å². The zero-order chi connectivity index (χ0) is 20.7. The van der Waals surface area contributed by atoms with Gasteiger partial charge in [-0.1, -0.05) is 25.0 Å². The molecule has 0 saturated carbocycles. The van der Waals surface area contributed by atoms with E-state index < -0.39 is 5.97 Å². The van der Waals surface area contributed by atoms with Crippen LogP contribution < -0.4 is 11.5 Å². The molecule has 0 aliphatic carbocycles. The van der Waals surface area contributed by atoms with Crippen LogP contribution in [0.3, 0.4) is 0 Å². The fourth-order valence-corrected chi connectivity index (χ4v) is 3.00. The number of carbonyl (C=O) groups is 2. The number of hydrogen-bond acceptors (Lipinski definition) is 4. The van der Waals surface area contributed by atoms with Crippen LogP contribution in [0, 0.1) is 13.8 Å². The standard InChI is InChI=1S/C14H20N2O.C8H9NO2/c1-11-6-7-12(10-13(11)15)14(17)16-8-4-2-3-5-9-16;1-5-2-3-6(8(10)11)4-7(5)9/h6-7,10H,2-5,8-9,15H2,1H3;2-4H,9H2,1H3,(H,10,11). The molecule has 0 unspecified atom stereocenters. The maximum absolute atomic E-state index is 12.3. The van der Waals surface area contributed by atoms with Gasteiger partial charge in [0, 0.05) is 30.0 Å². The first-order valence-corrected chi connectivity index (χ1v) is 9.54. The molecule has 1 saturated heterocycles. The molecular weight excluding hydrogens is 354 g/mol. The molecule has 150 valence electrons. The number of nitrogens with zero attached hydrogens (tertiary/aromatic N) is 1. The minimum atomic E-state index is -0.947. The monoisotopic (exact) mass is 383 g/mol. The molecule has 6 nitrogen and oxygen atoms in total. The summed E-state index contributed by atoms with van der Waals surface area (Å²) in [5, 5.41) is 8.54. The van der Waals surface area contributed by atoms with Crippen LogP contribution in [0.1, 0.15) is 57.5 Å². The average Bonchev–Trinajstić information content (AvgIpc) is 2.95. The summed E-state index contributed by atoms with van der Waals surface area (Å²) in [4.78, 5) is 24.7. The van der Waals surface area contributed by atoms with Crippen LogP contribution in [0.15, 0.2) is 36.4 Å². The highest BCUT2D eigenvalue weighted by atomic mass is 16.4. The van der Waals surface area contributed by atoms with Crippen molar-refractivity contribution in [1.82, 2.24) is 4.90 Å². The smallest absolute Gasteiger partial charge is 0.335 e. The SMILES string of the molecule is Cc1ccc(C(=O)N2CCCCCC2)cc1N.Cc1ccc(C(=O)O)cc1N. The zero-order valence-electron chi connectivity index (χ0n) is 16.6. The Balaban J connectivity index is 0.000000221. The highest BCUT2D eigenvalue weighted by Crippen LogP contribution is 2.17. The molecule has 2 aromatic carbocycles. The van der Waals surface area contributed by atoms with Crippen molar-refractivity contribution in [1.29, 1.82) is 0 Å². The third kappa shape index (κ3) is 5.74. The van der Waals surface area contributed by atoms with Gasteiger partial charge in [-0.15, -0.1) is 0 Å². The second kappa shape index (κ2) is 9.78. The number of carboxylic acid groups (broad SMARTS) is 1. The molecule has 0 bridgehead atoms. The Morgan fingerprint density at radius 2 is 1.29 bits per heavy atom. The van der Waals surface area contributed by atoms with Gasteiger partial charge in [0.15, 0.2) is 0 Å². The average molecular weight is 383 g/mol. The van der Waals surface area contributed by atoms with E-state index in [-0.39, 0.29) is 11.5 Å². The van der Waals surface area contributed by atoms with E-state index in [1.54, 1.807) is 12.1 Å². The van der Waals surface area contributed by atoms with Crippen LogP contribution in [-0.4, -0.2) is 35.0 Å². The molecule has 28 heavy (non-hydrogen) atoms. The highest BCUT2D eigenvalue weighted by Gasteiger charge is 2.17. The normalized spacial score (nSPS) is 13.9. The Hall–Kier alpha value is -3.02. The lowest BCUT2D eigenvalue weighted by atomic mass is 10.1. The molecule has 3 rings (SSSR count). The maximum atomic E-state index is 12.3. The molecular formula is C22H29N3O3. The third-order valence-electron chi connectivity index (χ3n) is 4.95. The third-order valence-corrected chi connectivity index (χ3v) is 4.95.